The smallest absolute Gasteiger partial charge is 0.282 e. The predicted molar refractivity (Wildman–Crippen MR) is 109 cm³/mol. The molecule has 0 aliphatic carbocycles. The maximum atomic E-state index is 13.1. The van der Waals surface area contributed by atoms with E-state index in [1.807, 2.05) is 6.07 Å². The molecule has 2 fully saturated rings. The number of piperidine rings is 1. The standard InChI is InChI=1S/C20H22F2N6S/c21-20(22)14-5-6-18-23-10-16(28(18)26-14)15-9-19(25-12-24-15)27-7-1-3-13(11-27)17-4-2-8-29-17/h5-6,9-10,12-13,17,20H,1-4,7-8,11H2. The van der Waals surface area contributed by atoms with Gasteiger partial charge in [0.15, 0.2) is 5.65 Å². The summed E-state index contributed by atoms with van der Waals surface area (Å²) >= 11 is 2.11. The molecule has 0 saturated carbocycles. The second-order valence-electron chi connectivity index (χ2n) is 7.63. The average Bonchev–Trinajstić information content (AvgIpc) is 3.43. The van der Waals surface area contributed by atoms with E-state index in [4.69, 9.17) is 0 Å². The first kappa shape index (κ1) is 18.7. The van der Waals surface area contributed by atoms with E-state index in [0.717, 1.165) is 30.6 Å². The first-order valence-corrected chi connectivity index (χ1v) is 11.1. The van der Waals surface area contributed by atoms with E-state index >= 15 is 0 Å². The summed E-state index contributed by atoms with van der Waals surface area (Å²) in [7, 11) is 0. The summed E-state index contributed by atoms with van der Waals surface area (Å²) in [5, 5.41) is 4.80. The molecule has 9 heteroatoms. The van der Waals surface area contributed by atoms with Gasteiger partial charge in [-0.2, -0.15) is 16.9 Å². The lowest BCUT2D eigenvalue weighted by Crippen LogP contribution is -2.39. The monoisotopic (exact) mass is 416 g/mol. The van der Waals surface area contributed by atoms with Crippen LogP contribution in [0.1, 0.15) is 37.8 Å². The molecule has 0 amide bonds. The van der Waals surface area contributed by atoms with Gasteiger partial charge < -0.3 is 4.90 Å². The van der Waals surface area contributed by atoms with Crippen LogP contribution in [0, 0.1) is 5.92 Å². The Morgan fingerprint density at radius 3 is 2.86 bits per heavy atom. The van der Waals surface area contributed by atoms with Crippen molar-refractivity contribution in [3.8, 4) is 11.4 Å². The fraction of sp³-hybridized carbons (Fsp3) is 0.500. The molecule has 0 bridgehead atoms. The summed E-state index contributed by atoms with van der Waals surface area (Å²) in [6.45, 7) is 1.99. The predicted octanol–water partition coefficient (Wildman–Crippen LogP) is 4.24. The second kappa shape index (κ2) is 7.85. The van der Waals surface area contributed by atoms with Gasteiger partial charge in [-0.3, -0.25) is 0 Å². The number of rotatable bonds is 4. The van der Waals surface area contributed by atoms with Gasteiger partial charge in [0.05, 0.1) is 11.9 Å². The van der Waals surface area contributed by atoms with Gasteiger partial charge in [0.1, 0.15) is 23.5 Å². The molecule has 0 N–H and O–H groups in total. The molecule has 5 rings (SSSR count). The van der Waals surface area contributed by atoms with Crippen molar-refractivity contribution in [3.05, 3.63) is 36.4 Å². The summed E-state index contributed by atoms with van der Waals surface area (Å²) in [5.74, 6) is 2.85. The lowest BCUT2D eigenvalue weighted by molar-refractivity contribution is 0.144. The largest absolute Gasteiger partial charge is 0.356 e. The molecule has 29 heavy (non-hydrogen) atoms. The van der Waals surface area contributed by atoms with Gasteiger partial charge in [0.25, 0.3) is 6.43 Å². The molecule has 6 nitrogen and oxygen atoms in total. The van der Waals surface area contributed by atoms with E-state index in [9.17, 15) is 8.78 Å². The third-order valence-electron chi connectivity index (χ3n) is 5.79. The normalized spacial score (nSPS) is 22.7. The van der Waals surface area contributed by atoms with Crippen LogP contribution in [0.3, 0.4) is 0 Å². The molecular formula is C20H22F2N6S. The number of aromatic nitrogens is 5. The SMILES string of the molecule is FC(F)c1ccc2ncc(-c3cc(N4CCCC(C5CCCS5)C4)ncn3)n2n1. The van der Waals surface area contributed by atoms with Crippen LogP contribution in [0.4, 0.5) is 14.6 Å². The number of hydrogen-bond acceptors (Lipinski definition) is 6. The van der Waals surface area contributed by atoms with Crippen molar-refractivity contribution in [1.82, 2.24) is 24.6 Å². The van der Waals surface area contributed by atoms with Crippen molar-refractivity contribution in [2.24, 2.45) is 5.92 Å². The van der Waals surface area contributed by atoms with E-state index in [1.54, 1.807) is 12.3 Å². The van der Waals surface area contributed by atoms with E-state index < -0.39 is 6.43 Å². The summed E-state index contributed by atoms with van der Waals surface area (Å²) in [6, 6.07) is 4.77. The van der Waals surface area contributed by atoms with Crippen LogP contribution in [0.5, 0.6) is 0 Å². The maximum absolute atomic E-state index is 13.1. The Bertz CT molecular complexity index is 1000. The van der Waals surface area contributed by atoms with Crippen LogP contribution >= 0.6 is 11.8 Å². The van der Waals surface area contributed by atoms with E-state index in [-0.39, 0.29) is 5.69 Å². The first-order chi connectivity index (χ1) is 14.2. The summed E-state index contributed by atoms with van der Waals surface area (Å²) in [5.41, 5.74) is 1.46. The molecule has 5 heterocycles. The molecule has 0 radical (unpaired) electrons. The van der Waals surface area contributed by atoms with Crippen molar-refractivity contribution >= 4 is 23.2 Å². The van der Waals surface area contributed by atoms with E-state index in [2.05, 4.69) is 36.7 Å². The highest BCUT2D eigenvalue weighted by Gasteiger charge is 2.30. The van der Waals surface area contributed by atoms with Gasteiger partial charge in [0, 0.05) is 24.4 Å². The molecule has 0 aromatic carbocycles. The molecule has 2 saturated heterocycles. The first-order valence-electron chi connectivity index (χ1n) is 10.0. The molecule has 3 aromatic heterocycles. The van der Waals surface area contributed by atoms with Crippen LogP contribution in [0.15, 0.2) is 30.7 Å². The Morgan fingerprint density at radius 1 is 1.10 bits per heavy atom. The minimum Gasteiger partial charge on any atom is -0.356 e. The van der Waals surface area contributed by atoms with Crippen LogP contribution in [-0.4, -0.2) is 48.7 Å². The summed E-state index contributed by atoms with van der Waals surface area (Å²) < 4.78 is 27.6. The molecule has 2 aliphatic rings. The van der Waals surface area contributed by atoms with Crippen molar-refractivity contribution in [1.29, 1.82) is 0 Å². The Hall–Kier alpha value is -2.29. The lowest BCUT2D eigenvalue weighted by atomic mass is 9.92. The molecule has 3 aromatic rings. The fourth-order valence-electron chi connectivity index (χ4n) is 4.33. The van der Waals surface area contributed by atoms with Gasteiger partial charge in [-0.05, 0) is 49.5 Å². The zero-order chi connectivity index (χ0) is 19.8. The minimum absolute atomic E-state index is 0.279. The topological polar surface area (TPSA) is 59.2 Å². The van der Waals surface area contributed by atoms with Gasteiger partial charge in [-0.25, -0.2) is 28.2 Å². The van der Waals surface area contributed by atoms with E-state index in [1.165, 1.54) is 41.9 Å². The Morgan fingerprint density at radius 2 is 2.03 bits per heavy atom. The van der Waals surface area contributed by atoms with Gasteiger partial charge >= 0.3 is 0 Å². The number of halogens is 2. The number of hydrogen-bond donors (Lipinski definition) is 0. The number of anilines is 1. The summed E-state index contributed by atoms with van der Waals surface area (Å²) in [4.78, 5) is 15.5. The molecule has 2 aliphatic heterocycles. The third kappa shape index (κ3) is 3.68. The van der Waals surface area contributed by atoms with E-state index in [0.29, 0.717) is 23.0 Å². The molecule has 2 unspecified atom stereocenters. The third-order valence-corrected chi connectivity index (χ3v) is 7.37. The Labute approximate surface area is 171 Å². The van der Waals surface area contributed by atoms with Crippen LogP contribution in [0.25, 0.3) is 17.0 Å². The highest BCUT2D eigenvalue weighted by molar-refractivity contribution is 8.00. The fourth-order valence-corrected chi connectivity index (χ4v) is 5.80. The maximum Gasteiger partial charge on any atom is 0.282 e. The average molecular weight is 417 g/mol. The zero-order valence-corrected chi connectivity index (χ0v) is 16.7. The van der Waals surface area contributed by atoms with Crippen molar-refractivity contribution in [2.75, 3.05) is 23.7 Å². The van der Waals surface area contributed by atoms with Gasteiger partial charge in [-0.1, -0.05) is 0 Å². The highest BCUT2D eigenvalue weighted by atomic mass is 32.2. The number of alkyl halides is 2. The number of nitrogens with zero attached hydrogens (tertiary/aromatic N) is 6. The van der Waals surface area contributed by atoms with Crippen molar-refractivity contribution in [3.63, 3.8) is 0 Å². The number of imidazole rings is 1. The van der Waals surface area contributed by atoms with Gasteiger partial charge in [-0.15, -0.1) is 0 Å². The quantitative estimate of drug-likeness (QED) is 0.634. The zero-order valence-electron chi connectivity index (χ0n) is 15.9. The highest BCUT2D eigenvalue weighted by Crippen LogP contribution is 2.37. The molecule has 152 valence electrons. The lowest BCUT2D eigenvalue weighted by Gasteiger charge is -2.36. The van der Waals surface area contributed by atoms with Crippen LogP contribution < -0.4 is 4.90 Å². The molecule has 2 atom stereocenters. The van der Waals surface area contributed by atoms with Gasteiger partial charge in [0.2, 0.25) is 0 Å². The number of fused-ring (bicyclic) bond motifs is 1. The van der Waals surface area contributed by atoms with Crippen LogP contribution in [0.2, 0.25) is 0 Å². The number of thioether (sulfide) groups is 1. The molecule has 0 spiro atoms. The van der Waals surface area contributed by atoms with Crippen molar-refractivity contribution in [2.45, 2.75) is 37.4 Å². The molecular weight excluding hydrogens is 394 g/mol. The minimum atomic E-state index is -2.63. The Kier molecular flexibility index (Phi) is 5.07. The van der Waals surface area contributed by atoms with Crippen LogP contribution in [-0.2, 0) is 0 Å². The second-order valence-corrected chi connectivity index (χ2v) is 8.98. The summed E-state index contributed by atoms with van der Waals surface area (Å²) in [6.07, 6.45) is 5.61. The Balaban J connectivity index is 1.44. The van der Waals surface area contributed by atoms with Crippen molar-refractivity contribution < 1.29 is 8.78 Å².